The largest absolute Gasteiger partial charge is 0.460 e. The first-order valence-electron chi connectivity index (χ1n) is 10.4. The van der Waals surface area contributed by atoms with E-state index in [0.717, 1.165) is 0 Å². The number of rotatable bonds is 9. The Bertz CT molecular complexity index is 1170. The molecule has 0 saturated heterocycles. The van der Waals surface area contributed by atoms with Crippen LogP contribution in [0.1, 0.15) is 25.5 Å². The Hall–Kier alpha value is -4.40. The van der Waals surface area contributed by atoms with Crippen LogP contribution in [0.4, 0.5) is 5.69 Å². The molecular formula is C25H24N2O7. The Morgan fingerprint density at radius 3 is 2.12 bits per heavy atom. The van der Waals surface area contributed by atoms with Crippen molar-refractivity contribution in [2.45, 2.75) is 19.8 Å². The van der Waals surface area contributed by atoms with Crippen molar-refractivity contribution in [1.82, 2.24) is 5.32 Å². The van der Waals surface area contributed by atoms with E-state index in [1.165, 1.54) is 18.2 Å². The minimum atomic E-state index is -0.965. The van der Waals surface area contributed by atoms with Crippen LogP contribution in [0.5, 0.6) is 0 Å². The van der Waals surface area contributed by atoms with Crippen LogP contribution in [0.3, 0.4) is 0 Å². The number of nitrogens with one attached hydrogen (secondary N) is 1. The van der Waals surface area contributed by atoms with Gasteiger partial charge in [0.2, 0.25) is 0 Å². The molecule has 176 valence electrons. The van der Waals surface area contributed by atoms with Gasteiger partial charge in [-0.2, -0.15) is 0 Å². The molecule has 0 amide bonds. The lowest BCUT2D eigenvalue weighted by Gasteiger charge is -2.29. The molecule has 0 aliphatic carbocycles. The lowest BCUT2D eigenvalue weighted by atomic mass is 9.83. The van der Waals surface area contributed by atoms with E-state index in [1.54, 1.807) is 44.2 Å². The molecule has 2 aromatic rings. The van der Waals surface area contributed by atoms with Crippen molar-refractivity contribution in [3.8, 4) is 11.3 Å². The van der Waals surface area contributed by atoms with E-state index in [9.17, 15) is 19.7 Å². The Morgan fingerprint density at radius 1 is 1.03 bits per heavy atom. The van der Waals surface area contributed by atoms with Crippen molar-refractivity contribution >= 4 is 17.6 Å². The third-order valence-corrected chi connectivity index (χ3v) is 5.14. The average molecular weight is 464 g/mol. The van der Waals surface area contributed by atoms with Gasteiger partial charge in [0, 0.05) is 17.5 Å². The predicted molar refractivity (Wildman–Crippen MR) is 124 cm³/mol. The maximum Gasteiger partial charge on any atom is 0.337 e. The molecule has 0 bridgehead atoms. The summed E-state index contributed by atoms with van der Waals surface area (Å²) in [6.45, 7) is 10.4. The molecule has 9 nitrogen and oxygen atoms in total. The van der Waals surface area contributed by atoms with E-state index >= 15 is 0 Å². The zero-order valence-electron chi connectivity index (χ0n) is 18.8. The molecule has 0 atom stereocenters. The van der Waals surface area contributed by atoms with E-state index in [0.29, 0.717) is 11.4 Å². The molecule has 3 rings (SSSR count). The van der Waals surface area contributed by atoms with Crippen molar-refractivity contribution in [1.29, 1.82) is 0 Å². The van der Waals surface area contributed by atoms with Gasteiger partial charge in [0.15, 0.2) is 0 Å². The van der Waals surface area contributed by atoms with E-state index in [-0.39, 0.29) is 47.1 Å². The maximum atomic E-state index is 13.0. The smallest absolute Gasteiger partial charge is 0.337 e. The van der Waals surface area contributed by atoms with Gasteiger partial charge in [-0.05, 0) is 32.0 Å². The van der Waals surface area contributed by atoms with Gasteiger partial charge in [0.25, 0.3) is 5.69 Å². The zero-order valence-corrected chi connectivity index (χ0v) is 18.8. The fourth-order valence-corrected chi connectivity index (χ4v) is 3.74. The summed E-state index contributed by atoms with van der Waals surface area (Å²) in [5.74, 6) is -1.86. The van der Waals surface area contributed by atoms with Crippen LogP contribution in [0.15, 0.2) is 88.7 Å². The highest BCUT2D eigenvalue weighted by Crippen LogP contribution is 2.42. The van der Waals surface area contributed by atoms with E-state index in [1.807, 2.05) is 0 Å². The highest BCUT2D eigenvalue weighted by Gasteiger charge is 2.40. The topological polar surface area (TPSA) is 121 Å². The second-order valence-corrected chi connectivity index (χ2v) is 7.39. The standard InChI is InChI=1S/C25H24N2O7/c1-5-13-32-24(28)21-15(3)26-16(4)22(25(29)33-14-6-2)23(21)20-12-11-19(34-20)17-9-7-8-10-18(17)27(30)31/h5-12,23,26H,1-2,13-14H2,3-4H3. The molecular weight excluding hydrogens is 440 g/mol. The number of esters is 2. The molecule has 2 heterocycles. The van der Waals surface area contributed by atoms with E-state index in [4.69, 9.17) is 13.9 Å². The lowest BCUT2D eigenvalue weighted by molar-refractivity contribution is -0.384. The summed E-state index contributed by atoms with van der Waals surface area (Å²) in [7, 11) is 0. The Morgan fingerprint density at radius 2 is 1.59 bits per heavy atom. The van der Waals surface area contributed by atoms with Crippen LogP contribution in [-0.2, 0) is 19.1 Å². The number of carbonyl (C=O) groups is 2. The van der Waals surface area contributed by atoms with Crippen molar-refractivity contribution in [2.75, 3.05) is 13.2 Å². The van der Waals surface area contributed by atoms with E-state index in [2.05, 4.69) is 18.5 Å². The summed E-state index contributed by atoms with van der Waals surface area (Å²) in [5, 5.41) is 14.5. The summed E-state index contributed by atoms with van der Waals surface area (Å²) in [4.78, 5) is 36.9. The van der Waals surface area contributed by atoms with Gasteiger partial charge in [-0.1, -0.05) is 37.4 Å². The summed E-state index contributed by atoms with van der Waals surface area (Å²) in [5.41, 5.74) is 1.38. The van der Waals surface area contributed by atoms with Crippen molar-refractivity contribution in [3.05, 3.63) is 100 Å². The first kappa shape index (κ1) is 24.2. The van der Waals surface area contributed by atoms with Crippen molar-refractivity contribution < 1.29 is 28.4 Å². The second-order valence-electron chi connectivity index (χ2n) is 7.39. The lowest BCUT2D eigenvalue weighted by Crippen LogP contribution is -2.32. The zero-order chi connectivity index (χ0) is 24.8. The van der Waals surface area contributed by atoms with Gasteiger partial charge in [0.05, 0.1) is 27.6 Å². The third kappa shape index (κ3) is 4.83. The number of carbonyl (C=O) groups excluding carboxylic acids is 2. The molecule has 1 aliphatic heterocycles. The first-order chi connectivity index (χ1) is 16.3. The molecule has 0 spiro atoms. The summed E-state index contributed by atoms with van der Waals surface area (Å²) >= 11 is 0. The Balaban J connectivity index is 2.14. The number of allylic oxidation sites excluding steroid dienone is 2. The quantitative estimate of drug-likeness (QED) is 0.248. The average Bonchev–Trinajstić information content (AvgIpc) is 3.30. The summed E-state index contributed by atoms with van der Waals surface area (Å²) in [6.07, 6.45) is 2.86. The summed E-state index contributed by atoms with van der Waals surface area (Å²) < 4.78 is 16.5. The minimum Gasteiger partial charge on any atom is -0.460 e. The Labute approximate surface area is 196 Å². The second kappa shape index (κ2) is 10.5. The van der Waals surface area contributed by atoms with Crippen LogP contribution in [0.25, 0.3) is 11.3 Å². The van der Waals surface area contributed by atoms with Crippen LogP contribution in [0.2, 0.25) is 0 Å². The number of benzene rings is 1. The number of nitrogens with zero attached hydrogens (tertiary/aromatic N) is 1. The SMILES string of the molecule is C=CCOC(=O)C1=C(C)NC(C)=C(C(=O)OCC=C)C1c1ccc(-c2ccccc2[N+](=O)[O-])o1. The van der Waals surface area contributed by atoms with Gasteiger partial charge in [-0.3, -0.25) is 10.1 Å². The fraction of sp³-hybridized carbons (Fsp3) is 0.200. The highest BCUT2D eigenvalue weighted by molar-refractivity contribution is 5.99. The molecule has 1 aromatic heterocycles. The molecule has 9 heteroatoms. The number of ether oxygens (including phenoxy) is 2. The van der Waals surface area contributed by atoms with Gasteiger partial charge in [-0.25, -0.2) is 9.59 Å². The monoisotopic (exact) mass is 464 g/mol. The Kier molecular flexibility index (Phi) is 7.47. The number of hydrogen-bond donors (Lipinski definition) is 1. The molecule has 1 aromatic carbocycles. The number of para-hydroxylation sites is 1. The molecule has 0 saturated carbocycles. The molecule has 1 aliphatic rings. The van der Waals surface area contributed by atoms with Crippen LogP contribution >= 0.6 is 0 Å². The number of nitro benzene ring substituents is 1. The van der Waals surface area contributed by atoms with Gasteiger partial charge in [0.1, 0.15) is 24.7 Å². The normalized spacial score (nSPS) is 13.8. The minimum absolute atomic E-state index is 0.0269. The van der Waals surface area contributed by atoms with Crippen LogP contribution < -0.4 is 5.32 Å². The number of nitro groups is 1. The highest BCUT2D eigenvalue weighted by atomic mass is 16.6. The van der Waals surface area contributed by atoms with Crippen LogP contribution in [0, 0.1) is 10.1 Å². The van der Waals surface area contributed by atoms with Gasteiger partial charge >= 0.3 is 11.9 Å². The number of hydrogen-bond acceptors (Lipinski definition) is 8. The number of dihydropyridines is 1. The van der Waals surface area contributed by atoms with Crippen molar-refractivity contribution in [3.63, 3.8) is 0 Å². The maximum absolute atomic E-state index is 13.0. The molecule has 1 N–H and O–H groups in total. The van der Waals surface area contributed by atoms with Crippen molar-refractivity contribution in [2.24, 2.45) is 0 Å². The first-order valence-corrected chi connectivity index (χ1v) is 10.4. The number of furan rings is 1. The van der Waals surface area contributed by atoms with E-state index < -0.39 is 22.8 Å². The van der Waals surface area contributed by atoms with Gasteiger partial charge < -0.3 is 19.2 Å². The molecule has 0 unspecified atom stereocenters. The molecule has 0 fully saturated rings. The predicted octanol–water partition coefficient (Wildman–Crippen LogP) is 4.55. The third-order valence-electron chi connectivity index (χ3n) is 5.14. The van der Waals surface area contributed by atoms with Gasteiger partial charge in [-0.15, -0.1) is 0 Å². The molecule has 34 heavy (non-hydrogen) atoms. The fourth-order valence-electron chi connectivity index (χ4n) is 3.74. The molecule has 0 radical (unpaired) electrons. The van der Waals surface area contributed by atoms with Crippen LogP contribution in [-0.4, -0.2) is 30.1 Å². The summed E-state index contributed by atoms with van der Waals surface area (Å²) in [6, 6.07) is 9.27.